The average Bonchev–Trinajstić information content (AvgIpc) is 3.53. The highest BCUT2D eigenvalue weighted by Crippen LogP contribution is 2.67. The molecule has 216 valence electrons. The van der Waals surface area contributed by atoms with Crippen molar-refractivity contribution < 1.29 is 34.4 Å². The molecule has 0 spiro atoms. The van der Waals surface area contributed by atoms with Crippen molar-refractivity contribution in [3.05, 3.63) is 34.0 Å². The van der Waals surface area contributed by atoms with Crippen LogP contribution in [0, 0.1) is 28.6 Å². The van der Waals surface area contributed by atoms with E-state index >= 15 is 0 Å². The normalized spacial score (nSPS) is 40.5. The lowest BCUT2D eigenvalue weighted by Crippen LogP contribution is -2.62. The van der Waals surface area contributed by atoms with E-state index in [1.807, 2.05) is 22.4 Å². The Labute approximate surface area is 235 Å². The van der Waals surface area contributed by atoms with Gasteiger partial charge in [0.15, 0.2) is 12.1 Å². The third-order valence-electron chi connectivity index (χ3n) is 11.1. The maximum Gasteiger partial charge on any atom is 0.264 e. The lowest BCUT2D eigenvalue weighted by atomic mass is 9.46. The van der Waals surface area contributed by atoms with Crippen LogP contribution in [0.15, 0.2) is 29.2 Å². The third-order valence-corrected chi connectivity index (χ3v) is 12.0. The second kappa shape index (κ2) is 10.3. The number of ether oxygens (including phenoxy) is 2. The summed E-state index contributed by atoms with van der Waals surface area (Å²) >= 11 is 1.40. The Morgan fingerprint density at radius 1 is 1.15 bits per heavy atom. The maximum absolute atomic E-state index is 13.7. The van der Waals surface area contributed by atoms with Crippen LogP contribution in [0.25, 0.3) is 0 Å². The first kappa shape index (κ1) is 28.9. The van der Waals surface area contributed by atoms with Crippen LogP contribution in [0.1, 0.15) is 69.0 Å². The lowest BCUT2D eigenvalue weighted by molar-refractivity contribution is -0.154. The molecule has 1 heterocycles. The quantitative estimate of drug-likeness (QED) is 0.437. The molecule has 8 nitrogen and oxygen atoms in total. The van der Waals surface area contributed by atoms with Gasteiger partial charge in [0.25, 0.3) is 5.91 Å². The average molecular weight is 562 g/mol. The van der Waals surface area contributed by atoms with Gasteiger partial charge >= 0.3 is 0 Å². The van der Waals surface area contributed by atoms with Crippen LogP contribution < -0.4 is 0 Å². The standard InChI is InChI=1S/C30H43NO7S/c1-17(31(16-26(37-4)38-5)27(35)25-7-6-12-39-25)18-9-11-30(36)20-13-22(32)21-14-23(33)24(34)15-28(21,2)19(20)8-10-29(18,30)3/h6-7,12-13,17-19,21,23-24,26,33-34,36H,8-11,14-16H2,1-5H3/t17?,18-,19?,21+,23-,24+,28-,29-,30-/m1/s1. The fraction of sp³-hybridized carbons (Fsp3) is 0.733. The van der Waals surface area contributed by atoms with Gasteiger partial charge in [-0.25, -0.2) is 0 Å². The number of aliphatic hydroxyl groups excluding tert-OH is 2. The minimum Gasteiger partial charge on any atom is -0.390 e. The van der Waals surface area contributed by atoms with Crippen LogP contribution >= 0.6 is 11.3 Å². The van der Waals surface area contributed by atoms with E-state index in [2.05, 4.69) is 20.8 Å². The van der Waals surface area contributed by atoms with E-state index in [9.17, 15) is 24.9 Å². The smallest absolute Gasteiger partial charge is 0.264 e. The monoisotopic (exact) mass is 561 g/mol. The largest absolute Gasteiger partial charge is 0.390 e. The molecule has 1 aromatic rings. The SMILES string of the molecule is COC(CN(C(=O)c1cccs1)C(C)[C@H]1CC[C@@]2(O)C3=CC(=O)[C@@H]4C[C@@H](O)[C@@H](O)C[C@]4(C)C3CC[C@]12C)OC. The Bertz CT molecular complexity index is 1120. The second-order valence-corrected chi connectivity index (χ2v) is 13.7. The molecule has 0 saturated heterocycles. The van der Waals surface area contributed by atoms with Gasteiger partial charge in [0, 0.05) is 31.6 Å². The van der Waals surface area contributed by atoms with E-state index in [1.54, 1.807) is 20.3 Å². The number of hydrogen-bond acceptors (Lipinski definition) is 8. The molecule has 0 radical (unpaired) electrons. The number of fused-ring (bicyclic) bond motifs is 5. The van der Waals surface area contributed by atoms with Gasteiger partial charge in [-0.3, -0.25) is 9.59 Å². The van der Waals surface area contributed by atoms with Gasteiger partial charge in [0.2, 0.25) is 0 Å². The van der Waals surface area contributed by atoms with Gasteiger partial charge in [-0.15, -0.1) is 11.3 Å². The van der Waals surface area contributed by atoms with Gasteiger partial charge in [0.05, 0.1) is 29.2 Å². The van der Waals surface area contributed by atoms with Crippen LogP contribution in [0.5, 0.6) is 0 Å². The van der Waals surface area contributed by atoms with Crippen molar-refractivity contribution in [2.75, 3.05) is 20.8 Å². The first-order chi connectivity index (χ1) is 18.4. The molecule has 9 atom stereocenters. The van der Waals surface area contributed by atoms with E-state index in [1.165, 1.54) is 11.3 Å². The van der Waals surface area contributed by atoms with Gasteiger partial charge < -0.3 is 29.7 Å². The Morgan fingerprint density at radius 2 is 1.87 bits per heavy atom. The summed E-state index contributed by atoms with van der Waals surface area (Å²) in [6, 6.07) is 3.48. The van der Waals surface area contributed by atoms with Gasteiger partial charge in [-0.05, 0) is 85.8 Å². The molecule has 4 aliphatic carbocycles. The van der Waals surface area contributed by atoms with E-state index in [0.717, 1.165) is 18.4 Å². The molecular formula is C30H43NO7S. The fourth-order valence-corrected chi connectivity index (χ4v) is 9.46. The number of aliphatic hydroxyl groups is 3. The summed E-state index contributed by atoms with van der Waals surface area (Å²) in [4.78, 5) is 29.6. The van der Waals surface area contributed by atoms with Crippen molar-refractivity contribution in [3.63, 3.8) is 0 Å². The third kappa shape index (κ3) is 4.35. The zero-order valence-electron chi connectivity index (χ0n) is 23.6. The van der Waals surface area contributed by atoms with Crippen molar-refractivity contribution in [1.29, 1.82) is 0 Å². The highest BCUT2D eigenvalue weighted by Gasteiger charge is 2.67. The number of carbonyl (C=O) groups excluding carboxylic acids is 2. The number of nitrogens with zero attached hydrogens (tertiary/aromatic N) is 1. The van der Waals surface area contributed by atoms with Crippen molar-refractivity contribution in [2.24, 2.45) is 28.6 Å². The Morgan fingerprint density at radius 3 is 2.51 bits per heavy atom. The number of methoxy groups -OCH3 is 2. The van der Waals surface area contributed by atoms with E-state index in [4.69, 9.17) is 9.47 Å². The molecule has 3 saturated carbocycles. The molecule has 0 aliphatic heterocycles. The molecule has 39 heavy (non-hydrogen) atoms. The Kier molecular flexibility index (Phi) is 7.66. The van der Waals surface area contributed by atoms with Crippen molar-refractivity contribution >= 4 is 23.0 Å². The molecule has 3 N–H and O–H groups in total. The van der Waals surface area contributed by atoms with Crippen molar-refractivity contribution in [3.8, 4) is 0 Å². The predicted molar refractivity (Wildman–Crippen MR) is 147 cm³/mol. The number of allylic oxidation sites excluding steroid dienone is 1. The summed E-state index contributed by atoms with van der Waals surface area (Å²) < 4.78 is 11.0. The molecule has 1 aromatic heterocycles. The lowest BCUT2D eigenvalue weighted by Gasteiger charge is -2.60. The summed E-state index contributed by atoms with van der Waals surface area (Å²) in [5.41, 5.74) is -1.44. The maximum atomic E-state index is 13.7. The van der Waals surface area contributed by atoms with E-state index in [-0.39, 0.29) is 48.5 Å². The molecule has 9 heteroatoms. The summed E-state index contributed by atoms with van der Waals surface area (Å²) in [5, 5.41) is 35.3. The number of amides is 1. The van der Waals surface area contributed by atoms with Crippen molar-refractivity contribution in [2.45, 2.75) is 89.4 Å². The molecule has 0 aromatic carbocycles. The molecule has 3 fully saturated rings. The van der Waals surface area contributed by atoms with E-state index < -0.39 is 34.9 Å². The van der Waals surface area contributed by atoms with Crippen LogP contribution in [-0.2, 0) is 14.3 Å². The molecule has 5 rings (SSSR count). The highest BCUT2D eigenvalue weighted by molar-refractivity contribution is 7.12. The summed E-state index contributed by atoms with van der Waals surface area (Å²) in [6.07, 6.45) is 2.68. The van der Waals surface area contributed by atoms with Crippen LogP contribution in [0.2, 0.25) is 0 Å². The van der Waals surface area contributed by atoms with Crippen molar-refractivity contribution in [1.82, 2.24) is 4.90 Å². The molecule has 0 bridgehead atoms. The number of rotatable bonds is 7. The number of carbonyl (C=O) groups is 2. The topological polar surface area (TPSA) is 117 Å². The summed E-state index contributed by atoms with van der Waals surface area (Å²) in [5.74, 6) is -0.540. The second-order valence-electron chi connectivity index (χ2n) is 12.7. The van der Waals surface area contributed by atoms with E-state index in [0.29, 0.717) is 24.1 Å². The number of ketones is 1. The molecule has 2 unspecified atom stereocenters. The van der Waals surface area contributed by atoms with Crippen LogP contribution in [-0.4, -0.2) is 82.8 Å². The fourth-order valence-electron chi connectivity index (χ4n) is 8.78. The van der Waals surface area contributed by atoms with Gasteiger partial charge in [0.1, 0.15) is 0 Å². The molecule has 1 amide bonds. The minimum atomic E-state index is -1.18. The zero-order chi connectivity index (χ0) is 28.3. The number of hydrogen-bond donors (Lipinski definition) is 3. The summed E-state index contributed by atoms with van der Waals surface area (Å²) in [7, 11) is 3.12. The minimum absolute atomic E-state index is 0.0120. The van der Waals surface area contributed by atoms with Crippen LogP contribution in [0.4, 0.5) is 0 Å². The first-order valence-corrected chi connectivity index (χ1v) is 15.0. The first-order valence-electron chi connectivity index (χ1n) is 14.2. The summed E-state index contributed by atoms with van der Waals surface area (Å²) in [6.45, 7) is 6.49. The number of thiophene rings is 1. The van der Waals surface area contributed by atoms with Gasteiger partial charge in [-0.2, -0.15) is 0 Å². The molecule has 4 aliphatic rings. The zero-order valence-corrected chi connectivity index (χ0v) is 24.4. The molecular weight excluding hydrogens is 518 g/mol. The Balaban J connectivity index is 1.48. The Hall–Kier alpha value is -1.62. The van der Waals surface area contributed by atoms with Gasteiger partial charge in [-0.1, -0.05) is 19.9 Å². The predicted octanol–water partition coefficient (Wildman–Crippen LogP) is 3.40. The van der Waals surface area contributed by atoms with Crippen LogP contribution in [0.3, 0.4) is 0 Å². The highest BCUT2D eigenvalue weighted by atomic mass is 32.1.